The molecular formula is C17H18BrNO. The van der Waals surface area contributed by atoms with Crippen molar-refractivity contribution >= 4 is 21.8 Å². The third-order valence-electron chi connectivity index (χ3n) is 3.26. The molecule has 1 amide bonds. The molecule has 0 radical (unpaired) electrons. The van der Waals surface area contributed by atoms with Gasteiger partial charge in [-0.15, -0.1) is 0 Å². The van der Waals surface area contributed by atoms with Gasteiger partial charge in [0.15, 0.2) is 0 Å². The lowest BCUT2D eigenvalue weighted by atomic mass is 10.1. The maximum Gasteiger partial charge on any atom is 0.251 e. The Kier molecular flexibility index (Phi) is 4.96. The highest BCUT2D eigenvalue weighted by Crippen LogP contribution is 2.15. The molecule has 0 spiro atoms. The number of carbonyl (C=O) groups is 1. The zero-order valence-corrected chi connectivity index (χ0v) is 13.3. The first-order valence-corrected chi connectivity index (χ1v) is 7.74. The third-order valence-corrected chi connectivity index (χ3v) is 3.91. The Morgan fingerprint density at radius 3 is 2.50 bits per heavy atom. The van der Waals surface area contributed by atoms with Crippen LogP contribution in [0.25, 0.3) is 0 Å². The standard InChI is InChI=1S/C17H18BrNO/c1-12-4-3-5-16(10-12)13(2)19-17(20)15-8-6-14(11-18)7-9-15/h3-10,13H,11H2,1-2H3,(H,19,20)/t13-/m0/s1. The summed E-state index contributed by atoms with van der Waals surface area (Å²) in [6.07, 6.45) is 0. The molecule has 2 nitrogen and oxygen atoms in total. The zero-order valence-electron chi connectivity index (χ0n) is 11.7. The molecule has 0 aliphatic rings. The smallest absolute Gasteiger partial charge is 0.251 e. The quantitative estimate of drug-likeness (QED) is 0.827. The maximum absolute atomic E-state index is 12.2. The van der Waals surface area contributed by atoms with E-state index in [0.717, 1.165) is 16.5 Å². The molecule has 0 aliphatic carbocycles. The van der Waals surface area contributed by atoms with Crippen molar-refractivity contribution < 1.29 is 4.79 Å². The van der Waals surface area contributed by atoms with Crippen molar-refractivity contribution in [3.63, 3.8) is 0 Å². The molecule has 1 atom stereocenters. The fraction of sp³-hybridized carbons (Fsp3) is 0.235. The molecule has 2 aromatic carbocycles. The van der Waals surface area contributed by atoms with Crippen molar-refractivity contribution in [2.75, 3.05) is 0 Å². The van der Waals surface area contributed by atoms with Gasteiger partial charge in [0.2, 0.25) is 0 Å². The van der Waals surface area contributed by atoms with Crippen LogP contribution in [0.15, 0.2) is 48.5 Å². The molecule has 0 saturated heterocycles. The van der Waals surface area contributed by atoms with Gasteiger partial charge in [0.1, 0.15) is 0 Å². The third kappa shape index (κ3) is 3.70. The van der Waals surface area contributed by atoms with Crippen molar-refractivity contribution in [1.29, 1.82) is 0 Å². The SMILES string of the molecule is Cc1cccc([C@H](C)NC(=O)c2ccc(CBr)cc2)c1. The van der Waals surface area contributed by atoms with Gasteiger partial charge in [-0.2, -0.15) is 0 Å². The predicted molar refractivity (Wildman–Crippen MR) is 86.1 cm³/mol. The monoisotopic (exact) mass is 331 g/mol. The van der Waals surface area contributed by atoms with Crippen molar-refractivity contribution in [2.45, 2.75) is 25.2 Å². The summed E-state index contributed by atoms with van der Waals surface area (Å²) in [6, 6.07) is 15.8. The first-order chi connectivity index (χ1) is 9.60. The lowest BCUT2D eigenvalue weighted by Gasteiger charge is -2.15. The van der Waals surface area contributed by atoms with Crippen LogP contribution in [0.5, 0.6) is 0 Å². The van der Waals surface area contributed by atoms with E-state index in [1.54, 1.807) is 0 Å². The molecule has 104 valence electrons. The highest BCUT2D eigenvalue weighted by molar-refractivity contribution is 9.08. The highest BCUT2D eigenvalue weighted by Gasteiger charge is 2.11. The summed E-state index contributed by atoms with van der Waals surface area (Å²) >= 11 is 3.40. The Hall–Kier alpha value is -1.61. The van der Waals surface area contributed by atoms with Crippen molar-refractivity contribution in [1.82, 2.24) is 5.32 Å². The van der Waals surface area contributed by atoms with E-state index in [4.69, 9.17) is 0 Å². The van der Waals surface area contributed by atoms with E-state index >= 15 is 0 Å². The Morgan fingerprint density at radius 2 is 1.90 bits per heavy atom. The molecule has 0 aliphatic heterocycles. The van der Waals surface area contributed by atoms with Crippen molar-refractivity contribution in [3.05, 3.63) is 70.8 Å². The number of amides is 1. The fourth-order valence-electron chi connectivity index (χ4n) is 2.05. The second kappa shape index (κ2) is 6.71. The molecule has 20 heavy (non-hydrogen) atoms. The number of rotatable bonds is 4. The Balaban J connectivity index is 2.06. The molecule has 2 aromatic rings. The Bertz CT molecular complexity index is 592. The highest BCUT2D eigenvalue weighted by atomic mass is 79.9. The van der Waals surface area contributed by atoms with Gasteiger partial charge in [-0.1, -0.05) is 57.9 Å². The first kappa shape index (κ1) is 14.8. The van der Waals surface area contributed by atoms with E-state index in [1.165, 1.54) is 5.56 Å². The lowest BCUT2D eigenvalue weighted by Crippen LogP contribution is -2.26. The summed E-state index contributed by atoms with van der Waals surface area (Å²) in [5.74, 6) is -0.0415. The van der Waals surface area contributed by atoms with Crippen LogP contribution in [-0.4, -0.2) is 5.91 Å². The largest absolute Gasteiger partial charge is 0.346 e. The van der Waals surface area contributed by atoms with E-state index in [9.17, 15) is 4.79 Å². The van der Waals surface area contributed by atoms with Gasteiger partial charge in [0.25, 0.3) is 5.91 Å². The number of aryl methyl sites for hydroxylation is 1. The average Bonchev–Trinajstić information content (AvgIpc) is 2.47. The molecule has 0 bridgehead atoms. The molecule has 0 heterocycles. The lowest BCUT2D eigenvalue weighted by molar-refractivity contribution is 0.0940. The second-order valence-corrected chi connectivity index (χ2v) is 5.50. The molecule has 0 unspecified atom stereocenters. The minimum Gasteiger partial charge on any atom is -0.346 e. The minimum atomic E-state index is -0.0415. The molecule has 2 rings (SSSR count). The maximum atomic E-state index is 12.2. The van der Waals surface area contributed by atoms with Crippen LogP contribution in [0.1, 0.15) is 40.0 Å². The number of alkyl halides is 1. The normalized spacial score (nSPS) is 11.9. The number of benzene rings is 2. The zero-order chi connectivity index (χ0) is 14.5. The molecule has 0 saturated carbocycles. The summed E-state index contributed by atoms with van der Waals surface area (Å²) in [5, 5.41) is 3.83. The fourth-order valence-corrected chi connectivity index (χ4v) is 2.42. The Morgan fingerprint density at radius 1 is 1.20 bits per heavy atom. The number of hydrogen-bond donors (Lipinski definition) is 1. The summed E-state index contributed by atoms with van der Waals surface area (Å²) in [7, 11) is 0. The summed E-state index contributed by atoms with van der Waals surface area (Å²) in [5.41, 5.74) is 4.17. The molecule has 3 heteroatoms. The van der Waals surface area contributed by atoms with Crippen molar-refractivity contribution in [3.8, 4) is 0 Å². The molecule has 0 aromatic heterocycles. The van der Waals surface area contributed by atoms with E-state index < -0.39 is 0 Å². The van der Waals surface area contributed by atoms with Crippen LogP contribution in [-0.2, 0) is 5.33 Å². The molecule has 1 N–H and O–H groups in total. The number of carbonyl (C=O) groups excluding carboxylic acids is 1. The number of halogens is 1. The summed E-state index contributed by atoms with van der Waals surface area (Å²) in [6.45, 7) is 4.05. The molecular weight excluding hydrogens is 314 g/mol. The van der Waals surface area contributed by atoms with Crippen LogP contribution in [0.3, 0.4) is 0 Å². The van der Waals surface area contributed by atoms with Crippen LogP contribution in [0, 0.1) is 6.92 Å². The minimum absolute atomic E-state index is 0.00162. The van der Waals surface area contributed by atoms with Gasteiger partial charge >= 0.3 is 0 Å². The number of nitrogens with one attached hydrogen (secondary N) is 1. The van der Waals surface area contributed by atoms with E-state index in [1.807, 2.05) is 43.3 Å². The van der Waals surface area contributed by atoms with Crippen LogP contribution < -0.4 is 5.32 Å². The summed E-state index contributed by atoms with van der Waals surface area (Å²) in [4.78, 5) is 12.2. The van der Waals surface area contributed by atoms with Crippen LogP contribution >= 0.6 is 15.9 Å². The Labute approximate surface area is 128 Å². The van der Waals surface area contributed by atoms with E-state index in [-0.39, 0.29) is 11.9 Å². The van der Waals surface area contributed by atoms with Crippen LogP contribution in [0.4, 0.5) is 0 Å². The van der Waals surface area contributed by atoms with Crippen LogP contribution in [0.2, 0.25) is 0 Å². The van der Waals surface area contributed by atoms with E-state index in [2.05, 4.69) is 40.3 Å². The van der Waals surface area contributed by atoms with Gasteiger partial charge < -0.3 is 5.32 Å². The number of hydrogen-bond acceptors (Lipinski definition) is 1. The van der Waals surface area contributed by atoms with E-state index in [0.29, 0.717) is 5.56 Å². The first-order valence-electron chi connectivity index (χ1n) is 6.62. The molecule has 0 fully saturated rings. The van der Waals surface area contributed by atoms with Gasteiger partial charge in [-0.05, 0) is 37.1 Å². The van der Waals surface area contributed by atoms with Gasteiger partial charge in [-0.25, -0.2) is 0 Å². The topological polar surface area (TPSA) is 29.1 Å². The van der Waals surface area contributed by atoms with Gasteiger partial charge in [0, 0.05) is 10.9 Å². The van der Waals surface area contributed by atoms with Gasteiger partial charge in [-0.3, -0.25) is 4.79 Å². The predicted octanol–water partition coefficient (Wildman–Crippen LogP) is 4.38. The summed E-state index contributed by atoms with van der Waals surface area (Å²) < 4.78 is 0. The van der Waals surface area contributed by atoms with Gasteiger partial charge in [0.05, 0.1) is 6.04 Å². The second-order valence-electron chi connectivity index (χ2n) is 4.94. The average molecular weight is 332 g/mol. The van der Waals surface area contributed by atoms with Crippen molar-refractivity contribution in [2.24, 2.45) is 0 Å².